The summed E-state index contributed by atoms with van der Waals surface area (Å²) in [5.74, 6) is 0.343. The van der Waals surface area contributed by atoms with Crippen LogP contribution < -0.4 is 0 Å². The number of carbonyl (C=O) groups is 1. The molecule has 5 heteroatoms. The van der Waals surface area contributed by atoms with Crippen molar-refractivity contribution in [3.05, 3.63) is 0 Å². The topological polar surface area (TPSA) is 17.1 Å². The number of Topliss-reactive ketones (excluding diaryl/α,β-unsaturated/α-hetero) is 1. The third-order valence-corrected chi connectivity index (χ3v) is 0.789. The first-order valence-electron chi connectivity index (χ1n) is 3.08. The van der Waals surface area contributed by atoms with Crippen LogP contribution in [0, 0.1) is 0 Å². The monoisotopic (exact) mass is 234 g/mol. The molecule has 0 saturated carbocycles. The fraction of sp³-hybridized carbons (Fsp3) is 0.833. The van der Waals surface area contributed by atoms with E-state index in [4.69, 9.17) is 0 Å². The van der Waals surface area contributed by atoms with Crippen molar-refractivity contribution in [2.45, 2.75) is 31.8 Å². The quantitative estimate of drug-likeness (QED) is 0.671. The zero-order valence-electron chi connectivity index (χ0n) is 6.33. The Kier molecular flexibility index (Phi) is 8.16. The summed E-state index contributed by atoms with van der Waals surface area (Å²) in [5.41, 5.74) is 0. The molecule has 0 aliphatic rings. The molecule has 0 bridgehead atoms. The summed E-state index contributed by atoms with van der Waals surface area (Å²) in [6.45, 7) is 3.76. The molecule has 0 fully saturated rings. The lowest BCUT2D eigenvalue weighted by molar-refractivity contribution is -0.118. The number of carbonyl (C=O) groups excluding carboxylic acids is 1. The highest BCUT2D eigenvalue weighted by molar-refractivity contribution is 9.09. The fourth-order valence-corrected chi connectivity index (χ4v) is 0.250. The highest BCUT2D eigenvalue weighted by atomic mass is 79.9. The molecular weight excluding hydrogens is 225 g/mol. The van der Waals surface area contributed by atoms with Gasteiger partial charge in [-0.2, -0.15) is 13.2 Å². The predicted molar refractivity (Wildman–Crippen MR) is 40.6 cm³/mol. The number of halogens is 4. The fourth-order valence-electron chi connectivity index (χ4n) is 0.250. The molecule has 11 heavy (non-hydrogen) atoms. The molecule has 0 spiro atoms. The van der Waals surface area contributed by atoms with E-state index >= 15 is 0 Å². The van der Waals surface area contributed by atoms with Gasteiger partial charge in [0.15, 0.2) is 0 Å². The van der Waals surface area contributed by atoms with Crippen LogP contribution in [0.3, 0.4) is 0 Å². The summed E-state index contributed by atoms with van der Waals surface area (Å²) in [4.78, 5) is 10.2. The Labute approximate surface area is 72.1 Å². The van der Waals surface area contributed by atoms with Gasteiger partial charge in [-0.3, -0.25) is 4.79 Å². The van der Waals surface area contributed by atoms with Crippen molar-refractivity contribution in [1.82, 2.24) is 0 Å². The van der Waals surface area contributed by atoms with Gasteiger partial charge >= 0.3 is 5.09 Å². The van der Waals surface area contributed by atoms with Crippen molar-refractivity contribution in [3.63, 3.8) is 0 Å². The highest BCUT2D eigenvalue weighted by Gasteiger charge is 2.19. The van der Waals surface area contributed by atoms with E-state index in [1.165, 1.54) is 15.9 Å². The lowest BCUT2D eigenvalue weighted by atomic mass is 10.3. The van der Waals surface area contributed by atoms with E-state index in [2.05, 4.69) is 0 Å². The molecule has 0 rings (SSSR count). The molecule has 0 aromatic rings. The number of alkyl halides is 4. The van der Waals surface area contributed by atoms with Gasteiger partial charge in [0, 0.05) is 28.8 Å². The second-order valence-electron chi connectivity index (χ2n) is 1.67. The molecule has 0 heterocycles. The minimum absolute atomic E-state index is 0.343. The van der Waals surface area contributed by atoms with Gasteiger partial charge in [0.05, 0.1) is 0 Å². The van der Waals surface area contributed by atoms with Crippen LogP contribution in [-0.2, 0) is 4.79 Å². The molecule has 0 saturated heterocycles. The van der Waals surface area contributed by atoms with Gasteiger partial charge in [0.25, 0.3) is 0 Å². The zero-order chi connectivity index (χ0) is 9.49. The van der Waals surface area contributed by atoms with E-state index in [1.807, 2.05) is 13.8 Å². The molecular formula is C6H10BrF3O. The average Bonchev–Trinajstić information content (AvgIpc) is 1.83. The van der Waals surface area contributed by atoms with Gasteiger partial charge in [-0.1, -0.05) is 13.8 Å². The molecule has 0 radical (unpaired) electrons. The van der Waals surface area contributed by atoms with Crippen LogP contribution in [0.4, 0.5) is 13.2 Å². The summed E-state index contributed by atoms with van der Waals surface area (Å²) in [5, 5.41) is -4.19. The van der Waals surface area contributed by atoms with Gasteiger partial charge in [0.2, 0.25) is 0 Å². The van der Waals surface area contributed by atoms with Crippen molar-refractivity contribution >= 4 is 21.7 Å². The molecule has 0 aromatic heterocycles. The maximum Gasteiger partial charge on any atom is 0.448 e. The van der Waals surface area contributed by atoms with Crippen molar-refractivity contribution < 1.29 is 18.0 Å². The van der Waals surface area contributed by atoms with Crippen LogP contribution in [0.15, 0.2) is 0 Å². The van der Waals surface area contributed by atoms with Crippen LogP contribution in [0.25, 0.3) is 0 Å². The zero-order valence-corrected chi connectivity index (χ0v) is 7.92. The number of hydrogen-bond donors (Lipinski definition) is 0. The van der Waals surface area contributed by atoms with Gasteiger partial charge < -0.3 is 0 Å². The van der Waals surface area contributed by atoms with Gasteiger partial charge in [-0.15, -0.1) is 0 Å². The van der Waals surface area contributed by atoms with Crippen LogP contribution in [-0.4, -0.2) is 10.9 Å². The minimum Gasteiger partial charge on any atom is -0.300 e. The maximum atomic E-state index is 10.3. The second kappa shape index (κ2) is 6.64. The third kappa shape index (κ3) is 40.4. The first-order valence-corrected chi connectivity index (χ1v) is 3.87. The molecule has 0 atom stereocenters. The van der Waals surface area contributed by atoms with E-state index < -0.39 is 5.09 Å². The van der Waals surface area contributed by atoms with E-state index in [9.17, 15) is 18.0 Å². The largest absolute Gasteiger partial charge is 0.448 e. The standard InChI is InChI=1S/C5H10O.CBrF3/c1-3-5(6)4-2;2-1(3,4)5/h3-4H2,1-2H3;. The lowest BCUT2D eigenvalue weighted by Crippen LogP contribution is -1.88. The summed E-state index contributed by atoms with van der Waals surface area (Å²) < 4.78 is 30.8. The Morgan fingerprint density at radius 1 is 1.27 bits per heavy atom. The second-order valence-corrected chi connectivity index (χ2v) is 2.57. The smallest absolute Gasteiger partial charge is 0.300 e. The van der Waals surface area contributed by atoms with E-state index in [-0.39, 0.29) is 0 Å². The summed E-state index contributed by atoms with van der Waals surface area (Å²) in [6, 6.07) is 0. The van der Waals surface area contributed by atoms with Crippen LogP contribution in [0.2, 0.25) is 0 Å². The van der Waals surface area contributed by atoms with E-state index in [1.54, 1.807) is 0 Å². The molecule has 0 aromatic carbocycles. The lowest BCUT2D eigenvalue weighted by Gasteiger charge is -1.85. The minimum atomic E-state index is -4.19. The van der Waals surface area contributed by atoms with Crippen molar-refractivity contribution in [1.29, 1.82) is 0 Å². The molecule has 0 N–H and O–H groups in total. The normalized spacial score (nSPS) is 10.0. The first kappa shape index (κ1) is 13.5. The molecule has 1 nitrogen and oxygen atoms in total. The van der Waals surface area contributed by atoms with Gasteiger partial charge in [0.1, 0.15) is 5.78 Å². The molecule has 0 aliphatic heterocycles. The van der Waals surface area contributed by atoms with Crippen molar-refractivity contribution in [3.8, 4) is 0 Å². The summed E-state index contributed by atoms with van der Waals surface area (Å²) in [6.07, 6.45) is 1.38. The van der Waals surface area contributed by atoms with Crippen molar-refractivity contribution in [2.24, 2.45) is 0 Å². The van der Waals surface area contributed by atoms with E-state index in [0.29, 0.717) is 18.6 Å². The van der Waals surface area contributed by atoms with Crippen LogP contribution in [0.1, 0.15) is 26.7 Å². The third-order valence-electron chi connectivity index (χ3n) is 0.789. The Balaban J connectivity index is 0. The van der Waals surface area contributed by atoms with Gasteiger partial charge in [-0.05, 0) is 0 Å². The SMILES string of the molecule is CCC(=O)CC.FC(F)(F)Br. The van der Waals surface area contributed by atoms with Gasteiger partial charge in [-0.25, -0.2) is 0 Å². The first-order chi connectivity index (χ1) is 4.81. The Morgan fingerprint density at radius 3 is 1.45 bits per heavy atom. The molecule has 68 valence electrons. The highest BCUT2D eigenvalue weighted by Crippen LogP contribution is 2.21. The summed E-state index contributed by atoms with van der Waals surface area (Å²) in [7, 11) is 0. The number of rotatable bonds is 2. The Hall–Kier alpha value is -0.0600. The summed E-state index contributed by atoms with van der Waals surface area (Å²) >= 11 is 1.38. The Morgan fingerprint density at radius 2 is 1.45 bits per heavy atom. The molecule has 0 amide bonds. The average molecular weight is 235 g/mol. The molecule has 0 unspecified atom stereocenters. The predicted octanol–water partition coefficient (Wildman–Crippen LogP) is 3.28. The Bertz CT molecular complexity index is 98.9. The van der Waals surface area contributed by atoms with Crippen LogP contribution >= 0.6 is 15.9 Å². The number of hydrogen-bond acceptors (Lipinski definition) is 1. The van der Waals surface area contributed by atoms with E-state index in [0.717, 1.165) is 0 Å². The van der Waals surface area contributed by atoms with Crippen LogP contribution in [0.5, 0.6) is 0 Å². The number of ketones is 1. The van der Waals surface area contributed by atoms with Crippen molar-refractivity contribution in [2.75, 3.05) is 0 Å². The molecule has 0 aliphatic carbocycles. The maximum absolute atomic E-state index is 10.3.